The minimum absolute atomic E-state index is 0.295. The van der Waals surface area contributed by atoms with E-state index in [1.165, 1.54) is 24.0 Å². The Bertz CT molecular complexity index is 869. The summed E-state index contributed by atoms with van der Waals surface area (Å²) in [5.41, 5.74) is 4.49. The second kappa shape index (κ2) is 6.19. The maximum atomic E-state index is 6.42. The number of rotatable bonds is 5. The molecule has 3 aromatic rings. The van der Waals surface area contributed by atoms with Gasteiger partial charge >= 0.3 is 0 Å². The van der Waals surface area contributed by atoms with Gasteiger partial charge in [-0.2, -0.15) is 0 Å². The average molecular weight is 341 g/mol. The molecule has 0 radical (unpaired) electrons. The molecule has 0 N–H and O–H groups in total. The van der Waals surface area contributed by atoms with Crippen molar-refractivity contribution in [3.63, 3.8) is 0 Å². The molecule has 1 unspecified atom stereocenters. The van der Waals surface area contributed by atoms with Gasteiger partial charge in [-0.25, -0.2) is 4.68 Å². The summed E-state index contributed by atoms with van der Waals surface area (Å²) in [6.45, 7) is 3.16. The lowest BCUT2D eigenvalue weighted by Gasteiger charge is -2.30. The van der Waals surface area contributed by atoms with Crippen LogP contribution in [-0.2, 0) is 13.6 Å². The van der Waals surface area contributed by atoms with Gasteiger partial charge in [0.2, 0.25) is 0 Å². The molecular formula is C19H21ClN4. The van der Waals surface area contributed by atoms with Gasteiger partial charge in [-0.15, -0.1) is 5.10 Å². The van der Waals surface area contributed by atoms with Crippen molar-refractivity contribution in [3.8, 4) is 0 Å². The third-order valence-corrected chi connectivity index (χ3v) is 5.25. The lowest BCUT2D eigenvalue weighted by Crippen LogP contribution is -2.29. The van der Waals surface area contributed by atoms with Crippen LogP contribution in [0.1, 0.15) is 36.9 Å². The number of nitrogens with zero attached hydrogens (tertiary/aromatic N) is 4. The Morgan fingerprint density at radius 2 is 2.04 bits per heavy atom. The summed E-state index contributed by atoms with van der Waals surface area (Å²) in [5.74, 6) is 0. The van der Waals surface area contributed by atoms with Crippen molar-refractivity contribution in [3.05, 3.63) is 58.6 Å². The van der Waals surface area contributed by atoms with Crippen molar-refractivity contribution in [2.75, 3.05) is 0 Å². The van der Waals surface area contributed by atoms with Crippen molar-refractivity contribution < 1.29 is 0 Å². The summed E-state index contributed by atoms with van der Waals surface area (Å²) < 4.78 is 1.81. The molecule has 24 heavy (non-hydrogen) atoms. The molecule has 0 aliphatic heterocycles. The van der Waals surface area contributed by atoms with Crippen LogP contribution < -0.4 is 0 Å². The van der Waals surface area contributed by atoms with Crippen LogP contribution >= 0.6 is 11.6 Å². The molecule has 1 aliphatic rings. The van der Waals surface area contributed by atoms with Gasteiger partial charge in [0, 0.05) is 30.7 Å². The Morgan fingerprint density at radius 1 is 1.25 bits per heavy atom. The molecule has 1 aliphatic carbocycles. The summed E-state index contributed by atoms with van der Waals surface area (Å²) in [7, 11) is 1.92. The number of hydrogen-bond donors (Lipinski definition) is 0. The molecule has 4 rings (SSSR count). The fourth-order valence-corrected chi connectivity index (χ4v) is 3.67. The quantitative estimate of drug-likeness (QED) is 0.692. The van der Waals surface area contributed by atoms with Crippen LogP contribution in [0.4, 0.5) is 0 Å². The number of hydrogen-bond acceptors (Lipinski definition) is 3. The number of halogens is 1. The van der Waals surface area contributed by atoms with Gasteiger partial charge < -0.3 is 0 Å². The normalized spacial score (nSPS) is 16.0. The minimum atomic E-state index is 0.295. The van der Waals surface area contributed by atoms with Crippen LogP contribution in [0.2, 0.25) is 5.02 Å². The van der Waals surface area contributed by atoms with E-state index in [4.69, 9.17) is 11.6 Å². The molecule has 1 atom stereocenters. The third-order valence-electron chi connectivity index (χ3n) is 4.91. The van der Waals surface area contributed by atoms with Gasteiger partial charge in [0.1, 0.15) is 5.52 Å². The zero-order valence-electron chi connectivity index (χ0n) is 14.0. The highest BCUT2D eigenvalue weighted by molar-refractivity contribution is 6.31. The molecular weight excluding hydrogens is 320 g/mol. The molecule has 0 spiro atoms. The Balaban J connectivity index is 1.62. The van der Waals surface area contributed by atoms with Gasteiger partial charge in [0.25, 0.3) is 0 Å². The van der Waals surface area contributed by atoms with Gasteiger partial charge in [-0.3, -0.25) is 4.90 Å². The van der Waals surface area contributed by atoms with Crippen LogP contribution in [0, 0.1) is 0 Å². The van der Waals surface area contributed by atoms with E-state index in [-0.39, 0.29) is 0 Å². The predicted octanol–water partition coefficient (Wildman–Crippen LogP) is 4.35. The first kappa shape index (κ1) is 15.6. The van der Waals surface area contributed by atoms with Crippen LogP contribution in [0.5, 0.6) is 0 Å². The maximum absolute atomic E-state index is 6.42. The maximum Gasteiger partial charge on any atom is 0.113 e. The third kappa shape index (κ3) is 2.92. The van der Waals surface area contributed by atoms with E-state index < -0.39 is 0 Å². The monoisotopic (exact) mass is 340 g/mol. The molecule has 2 aromatic carbocycles. The van der Waals surface area contributed by atoms with Crippen LogP contribution in [0.3, 0.4) is 0 Å². The molecule has 0 bridgehead atoms. The zero-order valence-corrected chi connectivity index (χ0v) is 14.7. The van der Waals surface area contributed by atoms with Crippen molar-refractivity contribution in [1.82, 2.24) is 19.9 Å². The molecule has 1 saturated carbocycles. The summed E-state index contributed by atoms with van der Waals surface area (Å²) in [6, 6.07) is 15.5. The number of aromatic nitrogens is 3. The van der Waals surface area contributed by atoms with E-state index in [0.717, 1.165) is 22.6 Å². The van der Waals surface area contributed by atoms with E-state index in [0.29, 0.717) is 12.1 Å². The van der Waals surface area contributed by atoms with E-state index >= 15 is 0 Å². The predicted molar refractivity (Wildman–Crippen MR) is 96.9 cm³/mol. The van der Waals surface area contributed by atoms with Gasteiger partial charge in [0.05, 0.1) is 5.52 Å². The summed E-state index contributed by atoms with van der Waals surface area (Å²) in [4.78, 5) is 2.55. The topological polar surface area (TPSA) is 34.0 Å². The SMILES string of the molecule is CC(c1ccccc1Cl)N(Cc1ccc2c(c1)nnn2C)C1CC1. The smallest absolute Gasteiger partial charge is 0.113 e. The molecule has 5 heteroatoms. The Hall–Kier alpha value is -1.91. The van der Waals surface area contributed by atoms with E-state index in [1.54, 1.807) is 0 Å². The average Bonchev–Trinajstić information content (AvgIpc) is 3.36. The fourth-order valence-electron chi connectivity index (χ4n) is 3.38. The lowest BCUT2D eigenvalue weighted by atomic mass is 10.1. The van der Waals surface area contributed by atoms with Gasteiger partial charge in [-0.1, -0.05) is 41.1 Å². The first-order valence-corrected chi connectivity index (χ1v) is 8.80. The van der Waals surface area contributed by atoms with Crippen LogP contribution in [0.15, 0.2) is 42.5 Å². The summed E-state index contributed by atoms with van der Waals surface area (Å²) in [6.07, 6.45) is 2.53. The number of aryl methyl sites for hydroxylation is 1. The largest absolute Gasteiger partial charge is 0.289 e. The van der Waals surface area contributed by atoms with E-state index in [9.17, 15) is 0 Å². The Kier molecular flexibility index (Phi) is 4.02. The highest BCUT2D eigenvalue weighted by Gasteiger charge is 2.33. The molecule has 1 aromatic heterocycles. The second-order valence-electron chi connectivity index (χ2n) is 6.64. The molecule has 0 amide bonds. The van der Waals surface area contributed by atoms with Crippen molar-refractivity contribution in [2.24, 2.45) is 7.05 Å². The van der Waals surface area contributed by atoms with Gasteiger partial charge in [-0.05, 0) is 49.1 Å². The zero-order chi connectivity index (χ0) is 16.7. The summed E-state index contributed by atoms with van der Waals surface area (Å²) >= 11 is 6.42. The summed E-state index contributed by atoms with van der Waals surface area (Å²) in [5, 5.41) is 9.18. The first-order chi connectivity index (χ1) is 11.6. The van der Waals surface area contributed by atoms with E-state index in [1.807, 2.05) is 23.9 Å². The fraction of sp³-hybridized carbons (Fsp3) is 0.368. The van der Waals surface area contributed by atoms with Crippen LogP contribution in [0.25, 0.3) is 11.0 Å². The van der Waals surface area contributed by atoms with E-state index in [2.05, 4.69) is 52.5 Å². The highest BCUT2D eigenvalue weighted by atomic mass is 35.5. The number of fused-ring (bicyclic) bond motifs is 1. The Morgan fingerprint density at radius 3 is 2.79 bits per heavy atom. The molecule has 1 fully saturated rings. The molecule has 1 heterocycles. The van der Waals surface area contributed by atoms with Crippen molar-refractivity contribution in [1.29, 1.82) is 0 Å². The minimum Gasteiger partial charge on any atom is -0.289 e. The standard InChI is InChI=1S/C19H21ClN4/c1-13(16-5-3-4-6-17(16)20)24(15-8-9-15)12-14-7-10-19-18(11-14)21-22-23(19)2/h3-7,10-11,13,15H,8-9,12H2,1-2H3. The lowest BCUT2D eigenvalue weighted by molar-refractivity contribution is 0.191. The molecule has 4 nitrogen and oxygen atoms in total. The van der Waals surface area contributed by atoms with Gasteiger partial charge in [0.15, 0.2) is 0 Å². The highest BCUT2D eigenvalue weighted by Crippen LogP contribution is 2.37. The molecule has 124 valence electrons. The first-order valence-electron chi connectivity index (χ1n) is 8.42. The van der Waals surface area contributed by atoms with Crippen molar-refractivity contribution >= 4 is 22.6 Å². The van der Waals surface area contributed by atoms with Crippen molar-refractivity contribution in [2.45, 2.75) is 38.4 Å². The Labute approximate surface area is 147 Å². The number of benzene rings is 2. The second-order valence-corrected chi connectivity index (χ2v) is 7.04. The molecule has 0 saturated heterocycles. The van der Waals surface area contributed by atoms with Crippen LogP contribution in [-0.4, -0.2) is 25.9 Å².